The molecule has 20 heavy (non-hydrogen) atoms. The fourth-order valence-corrected chi connectivity index (χ4v) is 2.11. The van der Waals surface area contributed by atoms with Crippen molar-refractivity contribution in [2.45, 2.75) is 26.9 Å². The molecule has 2 amide bonds. The van der Waals surface area contributed by atoms with Crippen molar-refractivity contribution in [1.82, 2.24) is 9.80 Å². The predicted octanol–water partition coefficient (Wildman–Crippen LogP) is -0.197. The number of carboxylic acids is 1. The fourth-order valence-electron chi connectivity index (χ4n) is 2.11. The van der Waals surface area contributed by atoms with Crippen molar-refractivity contribution >= 4 is 17.8 Å². The number of rotatable bonds is 5. The van der Waals surface area contributed by atoms with Crippen molar-refractivity contribution in [3.63, 3.8) is 0 Å². The number of amides is 2. The molecule has 0 aromatic carbocycles. The van der Waals surface area contributed by atoms with E-state index in [1.165, 1.54) is 11.8 Å². The number of carboxylic acid groups (broad SMARTS) is 1. The van der Waals surface area contributed by atoms with Gasteiger partial charge in [0, 0.05) is 32.5 Å². The van der Waals surface area contributed by atoms with Crippen LogP contribution in [-0.2, 0) is 19.1 Å². The highest BCUT2D eigenvalue weighted by Crippen LogP contribution is 2.11. The summed E-state index contributed by atoms with van der Waals surface area (Å²) in [5.74, 6) is -1.42. The normalized spacial score (nSPS) is 19.0. The number of ether oxygens (including phenoxy) is 1. The van der Waals surface area contributed by atoms with Crippen molar-refractivity contribution < 1.29 is 24.2 Å². The number of morpholine rings is 1. The molecule has 0 bridgehead atoms. The molecule has 1 aliphatic heterocycles. The van der Waals surface area contributed by atoms with E-state index in [1.807, 2.05) is 13.8 Å². The van der Waals surface area contributed by atoms with Crippen molar-refractivity contribution in [2.75, 3.05) is 32.8 Å². The number of aliphatic carboxylic acids is 1. The molecule has 7 nitrogen and oxygen atoms in total. The van der Waals surface area contributed by atoms with Crippen LogP contribution in [0.1, 0.15) is 20.8 Å². The second-order valence-corrected chi connectivity index (χ2v) is 5.23. The van der Waals surface area contributed by atoms with Crippen molar-refractivity contribution in [2.24, 2.45) is 5.92 Å². The second-order valence-electron chi connectivity index (χ2n) is 5.23. The topological polar surface area (TPSA) is 87.2 Å². The van der Waals surface area contributed by atoms with Gasteiger partial charge < -0.3 is 19.6 Å². The van der Waals surface area contributed by atoms with E-state index in [1.54, 1.807) is 4.90 Å². The fraction of sp³-hybridized carbons (Fsp3) is 0.769. The minimum atomic E-state index is -1.06. The Hall–Kier alpha value is -1.63. The van der Waals surface area contributed by atoms with Crippen LogP contribution in [0.5, 0.6) is 0 Å². The van der Waals surface area contributed by atoms with E-state index in [2.05, 4.69) is 0 Å². The molecule has 1 N–H and O–H groups in total. The van der Waals surface area contributed by atoms with E-state index in [0.29, 0.717) is 19.7 Å². The van der Waals surface area contributed by atoms with E-state index in [9.17, 15) is 14.4 Å². The lowest BCUT2D eigenvalue weighted by atomic mass is 10.1. The van der Waals surface area contributed by atoms with Gasteiger partial charge in [-0.2, -0.15) is 0 Å². The summed E-state index contributed by atoms with van der Waals surface area (Å²) in [5, 5.41) is 8.78. The van der Waals surface area contributed by atoms with Gasteiger partial charge in [-0.25, -0.2) is 0 Å². The Morgan fingerprint density at radius 3 is 2.55 bits per heavy atom. The van der Waals surface area contributed by atoms with Crippen LogP contribution in [0, 0.1) is 5.92 Å². The SMILES string of the molecule is CC(=O)N(CC(=O)O)CC1CN(C(=O)C(C)C)CCO1. The van der Waals surface area contributed by atoms with Gasteiger partial charge in [-0.1, -0.05) is 13.8 Å². The summed E-state index contributed by atoms with van der Waals surface area (Å²) in [4.78, 5) is 37.0. The van der Waals surface area contributed by atoms with Crippen LogP contribution in [0.4, 0.5) is 0 Å². The summed E-state index contributed by atoms with van der Waals surface area (Å²) in [6.07, 6.45) is -0.338. The molecular weight excluding hydrogens is 264 g/mol. The van der Waals surface area contributed by atoms with Gasteiger partial charge in [0.25, 0.3) is 0 Å². The number of hydrogen-bond donors (Lipinski definition) is 1. The third-order valence-corrected chi connectivity index (χ3v) is 3.14. The highest BCUT2D eigenvalue weighted by atomic mass is 16.5. The van der Waals surface area contributed by atoms with E-state index in [0.717, 1.165) is 0 Å². The molecule has 1 unspecified atom stereocenters. The summed E-state index contributed by atoms with van der Waals surface area (Å²) in [5.41, 5.74) is 0. The molecule has 1 aliphatic rings. The van der Waals surface area contributed by atoms with Crippen molar-refractivity contribution in [1.29, 1.82) is 0 Å². The van der Waals surface area contributed by atoms with Crippen LogP contribution in [-0.4, -0.2) is 71.6 Å². The van der Waals surface area contributed by atoms with Gasteiger partial charge in [0.2, 0.25) is 11.8 Å². The molecule has 7 heteroatoms. The zero-order valence-corrected chi connectivity index (χ0v) is 12.2. The lowest BCUT2D eigenvalue weighted by Crippen LogP contribution is -2.51. The molecule has 0 aromatic rings. The minimum absolute atomic E-state index is 0.0471. The lowest BCUT2D eigenvalue weighted by Gasteiger charge is -2.36. The first-order valence-electron chi connectivity index (χ1n) is 6.69. The molecule has 1 fully saturated rings. The standard InChI is InChI=1S/C13H22N2O5/c1-9(2)13(19)14-4-5-20-11(6-14)7-15(10(3)16)8-12(17)18/h9,11H,4-8H2,1-3H3,(H,17,18). The summed E-state index contributed by atoms with van der Waals surface area (Å²) in [7, 11) is 0. The first kappa shape index (κ1) is 16.4. The van der Waals surface area contributed by atoms with Gasteiger partial charge in [-0.3, -0.25) is 14.4 Å². The van der Waals surface area contributed by atoms with Gasteiger partial charge in [-0.15, -0.1) is 0 Å². The van der Waals surface area contributed by atoms with Gasteiger partial charge >= 0.3 is 5.97 Å². The third kappa shape index (κ3) is 4.80. The van der Waals surface area contributed by atoms with Gasteiger partial charge in [0.15, 0.2) is 0 Å². The minimum Gasteiger partial charge on any atom is -0.480 e. The quantitative estimate of drug-likeness (QED) is 0.756. The molecule has 114 valence electrons. The summed E-state index contributed by atoms with van der Waals surface area (Å²) < 4.78 is 5.52. The summed E-state index contributed by atoms with van der Waals surface area (Å²) in [6, 6.07) is 0. The van der Waals surface area contributed by atoms with E-state index >= 15 is 0 Å². The summed E-state index contributed by atoms with van der Waals surface area (Å²) >= 11 is 0. The molecule has 0 aromatic heterocycles. The molecule has 0 aliphatic carbocycles. The molecule has 0 spiro atoms. The average molecular weight is 286 g/mol. The zero-order valence-electron chi connectivity index (χ0n) is 12.2. The Morgan fingerprint density at radius 1 is 1.40 bits per heavy atom. The monoisotopic (exact) mass is 286 g/mol. The number of nitrogens with zero attached hydrogens (tertiary/aromatic N) is 2. The van der Waals surface area contributed by atoms with E-state index in [-0.39, 0.29) is 36.9 Å². The maximum absolute atomic E-state index is 11.9. The maximum Gasteiger partial charge on any atom is 0.323 e. The van der Waals surface area contributed by atoms with Crippen molar-refractivity contribution in [3.05, 3.63) is 0 Å². The zero-order chi connectivity index (χ0) is 15.3. The molecule has 1 atom stereocenters. The second kappa shape index (κ2) is 7.23. The number of carbonyl (C=O) groups excluding carboxylic acids is 2. The highest BCUT2D eigenvalue weighted by molar-refractivity contribution is 5.80. The van der Waals surface area contributed by atoms with E-state index < -0.39 is 5.97 Å². The Kier molecular flexibility index (Phi) is 5.94. The Bertz CT molecular complexity index is 383. The van der Waals surface area contributed by atoms with Crippen LogP contribution in [0.25, 0.3) is 0 Å². The summed E-state index contributed by atoms with van der Waals surface area (Å²) in [6.45, 7) is 6.15. The smallest absolute Gasteiger partial charge is 0.323 e. The third-order valence-electron chi connectivity index (χ3n) is 3.14. The Labute approximate surface area is 118 Å². The van der Waals surface area contributed by atoms with Crippen LogP contribution in [0.15, 0.2) is 0 Å². The molecular formula is C13H22N2O5. The van der Waals surface area contributed by atoms with Gasteiger partial charge in [0.05, 0.1) is 12.7 Å². The maximum atomic E-state index is 11.9. The van der Waals surface area contributed by atoms with E-state index in [4.69, 9.17) is 9.84 Å². The first-order valence-corrected chi connectivity index (χ1v) is 6.69. The lowest BCUT2D eigenvalue weighted by molar-refractivity contribution is -0.149. The highest BCUT2D eigenvalue weighted by Gasteiger charge is 2.28. The largest absolute Gasteiger partial charge is 0.480 e. The molecule has 1 rings (SSSR count). The van der Waals surface area contributed by atoms with Gasteiger partial charge in [0.1, 0.15) is 6.54 Å². The number of carbonyl (C=O) groups is 3. The van der Waals surface area contributed by atoms with Crippen LogP contribution in [0.2, 0.25) is 0 Å². The molecule has 0 saturated carbocycles. The molecule has 0 radical (unpaired) electrons. The van der Waals surface area contributed by atoms with Crippen LogP contribution in [0.3, 0.4) is 0 Å². The van der Waals surface area contributed by atoms with Crippen molar-refractivity contribution in [3.8, 4) is 0 Å². The Morgan fingerprint density at radius 2 is 2.05 bits per heavy atom. The Balaban J connectivity index is 2.60. The van der Waals surface area contributed by atoms with Gasteiger partial charge in [-0.05, 0) is 0 Å². The van der Waals surface area contributed by atoms with Crippen LogP contribution < -0.4 is 0 Å². The predicted molar refractivity (Wildman–Crippen MR) is 71.0 cm³/mol. The molecule has 1 saturated heterocycles. The first-order chi connectivity index (χ1) is 9.31. The number of hydrogen-bond acceptors (Lipinski definition) is 4. The van der Waals surface area contributed by atoms with Crippen LogP contribution >= 0.6 is 0 Å². The molecule has 1 heterocycles. The average Bonchev–Trinajstić information content (AvgIpc) is 2.36.